The fourth-order valence-corrected chi connectivity index (χ4v) is 13.1. The van der Waals surface area contributed by atoms with Crippen molar-refractivity contribution >= 4 is 105 Å². The minimum absolute atomic E-state index is 0.00293. The Kier molecular flexibility index (Phi) is 38.4. The van der Waals surface area contributed by atoms with Gasteiger partial charge in [-0.1, -0.05) is 94.3 Å². The number of benzene rings is 3. The number of amides is 15. The van der Waals surface area contributed by atoms with Gasteiger partial charge in [0.25, 0.3) is 0 Å². The molecule has 15 amide bonds. The van der Waals surface area contributed by atoms with E-state index in [0.717, 1.165) is 6.92 Å². The van der Waals surface area contributed by atoms with E-state index in [1.807, 2.05) is 0 Å². The molecule has 3 heterocycles. The van der Waals surface area contributed by atoms with Crippen LogP contribution in [0.5, 0.6) is 5.75 Å². The summed E-state index contributed by atoms with van der Waals surface area (Å²) < 4.78 is 0. The van der Waals surface area contributed by atoms with E-state index in [-0.39, 0.29) is 101 Å². The molecule has 2 aromatic heterocycles. The van der Waals surface area contributed by atoms with Crippen LogP contribution in [0.4, 0.5) is 0 Å². The quantitative estimate of drug-likeness (QED) is 0.00988. The smallest absolute Gasteiger partial charge is 0.245 e. The van der Waals surface area contributed by atoms with Crippen molar-refractivity contribution in [2.45, 2.75) is 203 Å². The SMILES string of the molecule is CCCC[C@H](NC(=O)[C@H](CO)NC(=O)[C@H](Cc1ccc(O)cc1)NC(=O)[C@H](CO)NC(C)=O)C(=O)N[C@@H](CCC(N)=O)C(=O)N[C@@H](Cc1cnc[nH]1)C(=O)N[C@H](Cc1ccccc1)C(=O)N[C@@H](CCCNC(=N)N)C(=O)N[C@@H](Cc1c[nH]c2ccccc12)C(=O)NCC(=O)N[C@@H](CCCCN)C(=O)N1CCC[C@H]1C(=O)N[C@H](C(N)=O)C(C)C. The van der Waals surface area contributed by atoms with Gasteiger partial charge in [-0.25, -0.2) is 4.98 Å². The number of carbonyl (C=O) groups is 15. The second-order valence-corrected chi connectivity index (χ2v) is 29.1. The van der Waals surface area contributed by atoms with Crippen LogP contribution in [-0.4, -0.2) is 242 Å². The van der Waals surface area contributed by atoms with Crippen molar-refractivity contribution in [2.75, 3.05) is 39.4 Å². The molecule has 1 fully saturated rings. The molecule has 118 heavy (non-hydrogen) atoms. The maximum atomic E-state index is 15.2. The third-order valence-corrected chi connectivity index (χ3v) is 19.5. The van der Waals surface area contributed by atoms with Gasteiger partial charge in [0.1, 0.15) is 78.3 Å². The molecular weight excluding hydrogens is 1530 g/mol. The van der Waals surface area contributed by atoms with Gasteiger partial charge in [-0.3, -0.25) is 77.3 Å². The lowest BCUT2D eigenvalue weighted by Gasteiger charge is -2.30. The first kappa shape index (κ1) is 94.3. The number of phenolic OH excluding ortho intramolecular Hbond substituents is 1. The molecule has 5 aromatic rings. The first-order valence-electron chi connectivity index (χ1n) is 39.1. The van der Waals surface area contributed by atoms with Crippen molar-refractivity contribution < 1.29 is 87.2 Å². The summed E-state index contributed by atoms with van der Waals surface area (Å²) in [6.45, 7) is 4.02. The number of nitrogens with two attached hydrogens (primary N) is 4. The van der Waals surface area contributed by atoms with Gasteiger partial charge in [0.15, 0.2) is 5.96 Å². The molecule has 1 aliphatic heterocycles. The Morgan fingerprint density at radius 2 is 1.06 bits per heavy atom. The third kappa shape index (κ3) is 30.6. The highest BCUT2D eigenvalue weighted by atomic mass is 16.3. The molecule has 0 saturated carbocycles. The Morgan fingerprint density at radius 3 is 1.59 bits per heavy atom. The minimum atomic E-state index is -1.81. The van der Waals surface area contributed by atoms with Crippen molar-refractivity contribution in [3.8, 4) is 5.75 Å². The van der Waals surface area contributed by atoms with Gasteiger partial charge in [0, 0.05) is 81.1 Å². The lowest BCUT2D eigenvalue weighted by Crippen LogP contribution is -2.61. The molecule has 3 aromatic carbocycles. The zero-order valence-corrected chi connectivity index (χ0v) is 66.5. The topological polar surface area (TPSA) is 649 Å². The number of hydrogen-bond acceptors (Lipinski definition) is 21. The number of aromatic amines is 2. The molecule has 0 aliphatic carbocycles. The van der Waals surface area contributed by atoms with E-state index in [2.05, 4.69) is 84.1 Å². The molecule has 6 rings (SSSR count). The van der Waals surface area contributed by atoms with Crippen molar-refractivity contribution in [3.05, 3.63) is 120 Å². The average molecular weight is 1650 g/mol. The van der Waals surface area contributed by atoms with Crippen LogP contribution in [0.25, 0.3) is 10.9 Å². The average Bonchev–Trinajstić information content (AvgIpc) is 1.64. The normalized spacial score (nSPS) is 15.2. The van der Waals surface area contributed by atoms with E-state index in [9.17, 15) is 72.9 Å². The molecule has 12 atom stereocenters. The van der Waals surface area contributed by atoms with E-state index in [0.29, 0.717) is 53.3 Å². The van der Waals surface area contributed by atoms with Crippen molar-refractivity contribution in [1.29, 1.82) is 5.41 Å². The van der Waals surface area contributed by atoms with Gasteiger partial charge in [-0.2, -0.15) is 0 Å². The minimum Gasteiger partial charge on any atom is -0.508 e. The van der Waals surface area contributed by atoms with Crippen LogP contribution in [0.15, 0.2) is 97.6 Å². The van der Waals surface area contributed by atoms with E-state index in [1.165, 1.54) is 41.7 Å². The number of carbonyl (C=O) groups excluding carboxylic acids is 15. The maximum absolute atomic E-state index is 15.2. The molecule has 1 saturated heterocycles. The summed E-state index contributed by atoms with van der Waals surface area (Å²) in [4.78, 5) is 221. The number of aromatic hydroxyl groups is 1. The van der Waals surface area contributed by atoms with E-state index in [1.54, 1.807) is 81.6 Å². The van der Waals surface area contributed by atoms with E-state index >= 15 is 14.4 Å². The zero-order chi connectivity index (χ0) is 86.5. The number of fused-ring (bicyclic) bond motifs is 1. The number of phenols is 1. The monoisotopic (exact) mass is 1640 g/mol. The lowest BCUT2D eigenvalue weighted by molar-refractivity contribution is -0.142. The van der Waals surface area contributed by atoms with Crippen molar-refractivity contribution in [2.24, 2.45) is 28.9 Å². The number of aromatic nitrogens is 3. The number of imidazole rings is 1. The number of guanidine groups is 1. The molecule has 642 valence electrons. The van der Waals surface area contributed by atoms with Crippen molar-refractivity contribution in [3.63, 3.8) is 0 Å². The Bertz CT molecular complexity index is 4240. The van der Waals surface area contributed by atoms with Crippen LogP contribution in [-0.2, 0) is 97.6 Å². The Labute approximate surface area is 681 Å². The number of aliphatic hydroxyl groups is 2. The maximum Gasteiger partial charge on any atom is 0.245 e. The summed E-state index contributed by atoms with van der Waals surface area (Å²) >= 11 is 0. The number of rotatable bonds is 50. The molecule has 0 bridgehead atoms. The number of nitrogens with zero attached hydrogens (tertiary/aromatic N) is 2. The Morgan fingerprint density at radius 1 is 0.551 bits per heavy atom. The van der Waals surface area contributed by atoms with Gasteiger partial charge in [0.2, 0.25) is 88.6 Å². The Hall–Kier alpha value is -12.6. The molecule has 1 aliphatic rings. The lowest BCUT2D eigenvalue weighted by atomic mass is 10.0. The number of H-pyrrole nitrogens is 2. The van der Waals surface area contributed by atoms with Gasteiger partial charge in [0.05, 0.1) is 26.1 Å². The Balaban J connectivity index is 1.25. The number of likely N-dealkylation sites (tertiary alicyclic amines) is 1. The summed E-state index contributed by atoms with van der Waals surface area (Å²) in [5, 5.41) is 72.2. The van der Waals surface area contributed by atoms with Crippen molar-refractivity contribution in [1.82, 2.24) is 89.0 Å². The predicted octanol–water partition coefficient (Wildman–Crippen LogP) is -4.70. The standard InChI is InChI=1S/C78H112N22O18/c1-5-6-19-52(92-75(116)61(41-102)98-72(113)57(34-46-24-26-49(104)27-25-46)95-74(115)60(40-101)89-44(4)103)68(109)93-54(28-29-63(80)105)70(111)97-59(36-48-38-84-42-88-48)73(114)94-56(33-45-16-8-7-9-17-45)71(112)91-53(22-14-31-85-78(82)83)69(110)96-58(35-47-37-86-51-20-11-10-18-50(47)51)67(108)87-39-64(106)90-55(21-12-13-30-79)77(118)100-32-15-23-62(100)76(117)99-65(43(2)3)66(81)107/h7-11,16-18,20,24-27,37-38,42-43,52-62,65,86,101-102,104H,5-6,12-15,19,21-23,28-36,39-41,79H2,1-4H3,(H2,80,105)(H2,81,107)(H,84,88)(H,87,108)(H,89,103)(H,90,106)(H,91,112)(H,92,116)(H,93,109)(H,94,114)(H,95,115)(H,96,110)(H,97,111)(H,98,113)(H,99,117)(H4,82,83,85)/t52-,53-,54-,55-,56+,57-,58-,59-,60-,61-,62-,65-/m0/s1. The summed E-state index contributed by atoms with van der Waals surface area (Å²) in [5.41, 5.74) is 25.0. The molecule has 40 heteroatoms. The van der Waals surface area contributed by atoms with Gasteiger partial charge in [-0.05, 0) is 105 Å². The third-order valence-electron chi connectivity index (χ3n) is 19.5. The fourth-order valence-electron chi connectivity index (χ4n) is 13.1. The first-order valence-corrected chi connectivity index (χ1v) is 39.1. The predicted molar refractivity (Wildman–Crippen MR) is 429 cm³/mol. The summed E-state index contributed by atoms with van der Waals surface area (Å²) in [6.07, 6.45) is 4.24. The van der Waals surface area contributed by atoms with Gasteiger partial charge < -0.3 is 122 Å². The molecule has 0 unspecified atom stereocenters. The summed E-state index contributed by atoms with van der Waals surface area (Å²) in [7, 11) is 0. The largest absolute Gasteiger partial charge is 0.508 e. The molecule has 0 spiro atoms. The van der Waals surface area contributed by atoms with Crippen LogP contribution in [0.2, 0.25) is 0 Å². The molecular formula is C78H112N22O18. The van der Waals surface area contributed by atoms with Gasteiger partial charge in [-0.15, -0.1) is 0 Å². The van der Waals surface area contributed by atoms with Gasteiger partial charge >= 0.3 is 0 Å². The highest BCUT2D eigenvalue weighted by molar-refractivity contribution is 6.00. The second kappa shape index (κ2) is 48.1. The van der Waals surface area contributed by atoms with E-state index in [4.69, 9.17) is 28.3 Å². The van der Waals surface area contributed by atoms with Crippen LogP contribution >= 0.6 is 0 Å². The fraction of sp³-hybridized carbons (Fsp3) is 0.500. The number of hydrogen-bond donors (Lipinski definition) is 23. The first-order chi connectivity index (χ1) is 56.3. The molecule has 40 nitrogen and oxygen atoms in total. The van der Waals surface area contributed by atoms with Crippen LogP contribution in [0, 0.1) is 11.3 Å². The number of aliphatic hydroxyl groups excluding tert-OH is 2. The summed E-state index contributed by atoms with van der Waals surface area (Å²) in [5.74, 6) is -14.3. The number of para-hydroxylation sites is 1. The van der Waals surface area contributed by atoms with E-state index < -0.39 is 200 Å². The van der Waals surface area contributed by atoms with Crippen LogP contribution in [0.3, 0.4) is 0 Å². The summed E-state index contributed by atoms with van der Waals surface area (Å²) in [6, 6.07) is 3.31. The van der Waals surface area contributed by atoms with Crippen LogP contribution < -0.4 is 92.1 Å². The second-order valence-electron chi connectivity index (χ2n) is 29.1. The number of nitrogens with one attached hydrogen (secondary N) is 16. The highest BCUT2D eigenvalue weighted by Crippen LogP contribution is 2.23. The molecule has 27 N–H and O–H groups in total. The van der Waals surface area contributed by atoms with Crippen LogP contribution in [0.1, 0.15) is 127 Å². The number of unbranched alkanes of at least 4 members (excludes halogenated alkanes) is 2. The molecule has 0 radical (unpaired) electrons. The zero-order valence-electron chi connectivity index (χ0n) is 66.5. The highest BCUT2D eigenvalue weighted by Gasteiger charge is 2.41. The number of primary amides is 2.